The molecule has 0 atom stereocenters. The molecule has 2 N–H and O–H groups in total. The molecule has 0 fully saturated rings. The molecule has 1 aromatic heterocycles. The van der Waals surface area contributed by atoms with Crippen LogP contribution in [0.4, 0.5) is 5.82 Å². The zero-order valence-corrected chi connectivity index (χ0v) is 9.71. The molecule has 15 heavy (non-hydrogen) atoms. The van der Waals surface area contributed by atoms with Gasteiger partial charge >= 0.3 is 0 Å². The van der Waals surface area contributed by atoms with E-state index in [2.05, 4.69) is 17.1 Å². The van der Waals surface area contributed by atoms with Crippen LogP contribution in [0, 0.1) is 0 Å². The number of hydrogen-bond donors (Lipinski definition) is 1. The van der Waals surface area contributed by atoms with Crippen LogP contribution in [-0.2, 0) is 16.3 Å². The summed E-state index contributed by atoms with van der Waals surface area (Å²) in [6.45, 7) is 2.06. The van der Waals surface area contributed by atoms with Crippen molar-refractivity contribution in [3.63, 3.8) is 0 Å². The average Bonchev–Trinajstić information content (AvgIpc) is 2.15. The number of nitrogens with two attached hydrogens (primary N) is 1. The number of unbranched alkanes of at least 4 members (excludes halogenated alkanes) is 1. The summed E-state index contributed by atoms with van der Waals surface area (Å²) in [4.78, 5) is 0. The molecule has 1 rings (SSSR count). The lowest BCUT2D eigenvalue weighted by Gasteiger charge is -2.04. The lowest BCUT2D eigenvalue weighted by molar-refractivity contribution is 0.595. The topological polar surface area (TPSA) is 85.9 Å². The minimum atomic E-state index is -3.30. The van der Waals surface area contributed by atoms with Gasteiger partial charge in [0.15, 0.2) is 14.9 Å². The highest BCUT2D eigenvalue weighted by molar-refractivity contribution is 7.90. The van der Waals surface area contributed by atoms with Crippen LogP contribution in [0.5, 0.6) is 0 Å². The first kappa shape index (κ1) is 11.9. The molecular weight excluding hydrogens is 214 g/mol. The van der Waals surface area contributed by atoms with Gasteiger partial charge in [0.1, 0.15) is 5.82 Å². The molecular formula is C9H15N3O2S. The van der Waals surface area contributed by atoms with Gasteiger partial charge in [-0.2, -0.15) is 0 Å². The second kappa shape index (κ2) is 4.57. The quantitative estimate of drug-likeness (QED) is 0.825. The lowest BCUT2D eigenvalue weighted by Crippen LogP contribution is -2.07. The number of rotatable bonds is 4. The molecule has 0 bridgehead atoms. The van der Waals surface area contributed by atoms with E-state index < -0.39 is 9.84 Å². The number of anilines is 1. The number of aryl methyl sites for hydroxylation is 1. The molecule has 1 aromatic rings. The Morgan fingerprint density at radius 2 is 2.07 bits per heavy atom. The Kier molecular flexibility index (Phi) is 3.62. The van der Waals surface area contributed by atoms with Gasteiger partial charge < -0.3 is 5.73 Å². The van der Waals surface area contributed by atoms with Crippen LogP contribution < -0.4 is 5.73 Å². The zero-order valence-electron chi connectivity index (χ0n) is 8.90. The van der Waals surface area contributed by atoms with Gasteiger partial charge in [-0.1, -0.05) is 13.3 Å². The summed E-state index contributed by atoms with van der Waals surface area (Å²) in [5.74, 6) is 0.316. The third-order valence-electron chi connectivity index (χ3n) is 2.06. The van der Waals surface area contributed by atoms with Crippen molar-refractivity contribution in [1.29, 1.82) is 0 Å². The molecule has 0 aliphatic carbocycles. The zero-order chi connectivity index (χ0) is 11.5. The van der Waals surface area contributed by atoms with Crippen molar-refractivity contribution >= 4 is 15.7 Å². The van der Waals surface area contributed by atoms with E-state index >= 15 is 0 Å². The number of nitrogen functional groups attached to an aromatic ring is 1. The van der Waals surface area contributed by atoms with Gasteiger partial charge in [-0.05, 0) is 24.5 Å². The van der Waals surface area contributed by atoms with Crippen LogP contribution in [-0.4, -0.2) is 24.9 Å². The molecule has 84 valence electrons. The fourth-order valence-electron chi connectivity index (χ4n) is 1.17. The number of sulfone groups is 1. The maximum absolute atomic E-state index is 11.2. The minimum Gasteiger partial charge on any atom is -0.382 e. The smallest absolute Gasteiger partial charge is 0.194 e. The fraction of sp³-hybridized carbons (Fsp3) is 0.556. The van der Waals surface area contributed by atoms with Gasteiger partial charge in [0, 0.05) is 6.26 Å². The van der Waals surface area contributed by atoms with Gasteiger partial charge in [-0.15, -0.1) is 10.2 Å². The molecule has 1 heterocycles. The largest absolute Gasteiger partial charge is 0.382 e. The Morgan fingerprint density at radius 1 is 1.40 bits per heavy atom. The molecule has 5 nitrogen and oxygen atoms in total. The average molecular weight is 229 g/mol. The number of hydrogen-bond acceptors (Lipinski definition) is 5. The van der Waals surface area contributed by atoms with E-state index in [-0.39, 0.29) is 5.03 Å². The molecule has 0 aliphatic rings. The molecule has 0 aliphatic heterocycles. The van der Waals surface area contributed by atoms with Gasteiger partial charge in [0.25, 0.3) is 0 Å². The molecule has 6 heteroatoms. The van der Waals surface area contributed by atoms with Crippen molar-refractivity contribution in [2.24, 2.45) is 0 Å². The van der Waals surface area contributed by atoms with Crippen LogP contribution >= 0.6 is 0 Å². The summed E-state index contributed by atoms with van der Waals surface area (Å²) in [7, 11) is -3.30. The Balaban J connectivity index is 3.06. The Morgan fingerprint density at radius 3 is 2.60 bits per heavy atom. The number of nitrogens with zero attached hydrogens (tertiary/aromatic N) is 2. The minimum absolute atomic E-state index is 0.0113. The highest BCUT2D eigenvalue weighted by atomic mass is 32.2. The van der Waals surface area contributed by atoms with E-state index in [0.29, 0.717) is 5.82 Å². The van der Waals surface area contributed by atoms with Gasteiger partial charge in [0.2, 0.25) is 0 Å². The summed E-state index contributed by atoms with van der Waals surface area (Å²) in [6, 6.07) is 1.51. The monoisotopic (exact) mass is 229 g/mol. The van der Waals surface area contributed by atoms with Gasteiger partial charge in [0.05, 0.1) is 0 Å². The predicted octanol–water partition coefficient (Wildman–Crippen LogP) is 0.805. The second-order valence-electron chi connectivity index (χ2n) is 3.47. The molecule has 0 amide bonds. The van der Waals surface area contributed by atoms with Crippen molar-refractivity contribution in [2.75, 3.05) is 12.0 Å². The van der Waals surface area contributed by atoms with Crippen LogP contribution in [0.2, 0.25) is 0 Å². The van der Waals surface area contributed by atoms with E-state index in [4.69, 9.17) is 5.73 Å². The molecule has 0 spiro atoms. The Labute approximate surface area is 89.6 Å². The Hall–Kier alpha value is -1.17. The Bertz CT molecular complexity index is 443. The summed E-state index contributed by atoms with van der Waals surface area (Å²) in [6.07, 6.45) is 3.83. The highest BCUT2D eigenvalue weighted by Crippen LogP contribution is 2.14. The third-order valence-corrected chi connectivity index (χ3v) is 3.02. The molecule has 0 saturated carbocycles. The van der Waals surface area contributed by atoms with Crippen LogP contribution in [0.25, 0.3) is 0 Å². The summed E-state index contributed by atoms with van der Waals surface area (Å²) >= 11 is 0. The van der Waals surface area contributed by atoms with E-state index in [1.807, 2.05) is 0 Å². The molecule has 0 aromatic carbocycles. The van der Waals surface area contributed by atoms with Crippen molar-refractivity contribution in [3.05, 3.63) is 11.6 Å². The third kappa shape index (κ3) is 3.16. The first-order chi connectivity index (χ1) is 6.95. The van der Waals surface area contributed by atoms with E-state index in [0.717, 1.165) is 31.1 Å². The predicted molar refractivity (Wildman–Crippen MR) is 58.2 cm³/mol. The van der Waals surface area contributed by atoms with E-state index in [1.165, 1.54) is 6.07 Å². The van der Waals surface area contributed by atoms with E-state index in [9.17, 15) is 8.42 Å². The maximum atomic E-state index is 11.2. The van der Waals surface area contributed by atoms with Crippen molar-refractivity contribution in [2.45, 2.75) is 31.2 Å². The second-order valence-corrected chi connectivity index (χ2v) is 5.43. The molecule has 0 unspecified atom stereocenters. The lowest BCUT2D eigenvalue weighted by atomic mass is 10.1. The van der Waals surface area contributed by atoms with Crippen LogP contribution in [0.1, 0.15) is 25.3 Å². The van der Waals surface area contributed by atoms with Crippen molar-refractivity contribution < 1.29 is 8.42 Å². The van der Waals surface area contributed by atoms with Gasteiger partial charge in [-0.25, -0.2) is 8.42 Å². The summed E-state index contributed by atoms with van der Waals surface area (Å²) in [5, 5.41) is 7.19. The summed E-state index contributed by atoms with van der Waals surface area (Å²) in [5.41, 5.74) is 6.36. The van der Waals surface area contributed by atoms with Crippen LogP contribution in [0.15, 0.2) is 11.1 Å². The standard InChI is InChI=1S/C9H15N3O2S/c1-3-4-5-7-6-8(15(2,13)14)11-12-9(7)10/h6H,3-5H2,1-2H3,(H2,10,12). The summed E-state index contributed by atoms with van der Waals surface area (Å²) < 4.78 is 22.5. The first-order valence-corrected chi connectivity index (χ1v) is 6.66. The normalized spacial score (nSPS) is 11.6. The highest BCUT2D eigenvalue weighted by Gasteiger charge is 2.12. The van der Waals surface area contributed by atoms with Gasteiger partial charge in [-0.3, -0.25) is 0 Å². The number of aromatic nitrogens is 2. The SMILES string of the molecule is CCCCc1cc(S(C)(=O)=O)nnc1N. The molecule has 0 saturated heterocycles. The first-order valence-electron chi connectivity index (χ1n) is 4.77. The van der Waals surface area contributed by atoms with Crippen LogP contribution in [0.3, 0.4) is 0 Å². The fourth-order valence-corrected chi connectivity index (χ4v) is 1.71. The maximum Gasteiger partial charge on any atom is 0.194 e. The van der Waals surface area contributed by atoms with Crippen molar-refractivity contribution in [3.8, 4) is 0 Å². The van der Waals surface area contributed by atoms with E-state index in [1.54, 1.807) is 0 Å². The van der Waals surface area contributed by atoms with Crippen molar-refractivity contribution in [1.82, 2.24) is 10.2 Å². The molecule has 0 radical (unpaired) electrons.